The molecule has 2 aromatic carbocycles. The largest absolute Gasteiger partial charge is 0.488 e. The summed E-state index contributed by atoms with van der Waals surface area (Å²) < 4.78 is 5.93. The second-order valence-electron chi connectivity index (χ2n) is 5.08. The summed E-state index contributed by atoms with van der Waals surface area (Å²) >= 11 is 6.07. The minimum atomic E-state index is 0.171. The zero-order valence-electron chi connectivity index (χ0n) is 11.3. The van der Waals surface area contributed by atoms with Gasteiger partial charge in [0.1, 0.15) is 11.9 Å². The van der Waals surface area contributed by atoms with E-state index in [1.54, 1.807) is 0 Å². The molecule has 0 spiro atoms. The summed E-state index contributed by atoms with van der Waals surface area (Å²) in [5.74, 6) is 1.57. The van der Waals surface area contributed by atoms with Crippen LogP contribution in [0.3, 0.4) is 0 Å². The number of halogens is 1. The van der Waals surface area contributed by atoms with Crippen LogP contribution < -0.4 is 10.1 Å². The van der Waals surface area contributed by atoms with Gasteiger partial charge < -0.3 is 10.1 Å². The van der Waals surface area contributed by atoms with Gasteiger partial charge in [0.15, 0.2) is 0 Å². The molecular weight excluding hydrogens is 270 g/mol. The normalized spacial score (nSPS) is 18.4. The summed E-state index contributed by atoms with van der Waals surface area (Å²) in [5.41, 5.74) is 2.51. The maximum absolute atomic E-state index is 6.07. The highest BCUT2D eigenvalue weighted by Gasteiger charge is 2.23. The Balaban J connectivity index is 1.58. The molecule has 104 valence electrons. The van der Waals surface area contributed by atoms with Crippen LogP contribution in [0.4, 0.5) is 0 Å². The molecule has 0 aromatic heterocycles. The van der Waals surface area contributed by atoms with Crippen molar-refractivity contribution in [3.8, 4) is 5.75 Å². The SMILES string of the molecule is ClCC(NCC1Cc2ccccc2O1)c1ccccc1. The molecule has 1 aliphatic rings. The van der Waals surface area contributed by atoms with Crippen molar-refractivity contribution in [2.75, 3.05) is 12.4 Å². The van der Waals surface area contributed by atoms with Gasteiger partial charge in [0.2, 0.25) is 0 Å². The van der Waals surface area contributed by atoms with Gasteiger partial charge in [-0.2, -0.15) is 0 Å². The minimum absolute atomic E-state index is 0.171. The highest BCUT2D eigenvalue weighted by Crippen LogP contribution is 2.28. The lowest BCUT2D eigenvalue weighted by molar-refractivity contribution is 0.223. The molecule has 0 amide bonds. The van der Waals surface area contributed by atoms with Crippen molar-refractivity contribution in [1.82, 2.24) is 5.32 Å². The Morgan fingerprint density at radius 1 is 1.10 bits per heavy atom. The van der Waals surface area contributed by atoms with E-state index < -0.39 is 0 Å². The summed E-state index contributed by atoms with van der Waals surface area (Å²) in [6, 6.07) is 18.7. The van der Waals surface area contributed by atoms with Gasteiger partial charge in [0.25, 0.3) is 0 Å². The first-order chi connectivity index (χ1) is 9.86. The molecule has 3 heteroatoms. The van der Waals surface area contributed by atoms with E-state index in [9.17, 15) is 0 Å². The average molecular weight is 288 g/mol. The minimum Gasteiger partial charge on any atom is -0.488 e. The molecule has 0 radical (unpaired) electrons. The molecule has 1 N–H and O–H groups in total. The number of hydrogen-bond acceptors (Lipinski definition) is 2. The van der Waals surface area contributed by atoms with Crippen molar-refractivity contribution in [3.05, 3.63) is 65.7 Å². The van der Waals surface area contributed by atoms with Crippen molar-refractivity contribution in [2.45, 2.75) is 18.6 Å². The van der Waals surface area contributed by atoms with E-state index in [4.69, 9.17) is 16.3 Å². The topological polar surface area (TPSA) is 21.3 Å². The van der Waals surface area contributed by atoms with Crippen LogP contribution in [0.2, 0.25) is 0 Å². The van der Waals surface area contributed by atoms with Crippen LogP contribution in [0.1, 0.15) is 17.2 Å². The fourth-order valence-corrected chi connectivity index (χ4v) is 2.88. The predicted octanol–water partition coefficient (Wildman–Crippen LogP) is 3.56. The number of rotatable bonds is 5. The molecule has 1 aliphatic heterocycles. The molecule has 0 aliphatic carbocycles. The Hall–Kier alpha value is -1.51. The van der Waals surface area contributed by atoms with E-state index in [1.165, 1.54) is 11.1 Å². The Morgan fingerprint density at radius 3 is 2.60 bits per heavy atom. The first-order valence-electron chi connectivity index (χ1n) is 6.95. The molecule has 2 nitrogen and oxygen atoms in total. The predicted molar refractivity (Wildman–Crippen MR) is 82.5 cm³/mol. The van der Waals surface area contributed by atoms with Gasteiger partial charge in [0.05, 0.1) is 0 Å². The molecule has 1 heterocycles. The van der Waals surface area contributed by atoms with E-state index in [0.717, 1.165) is 18.7 Å². The summed E-state index contributed by atoms with van der Waals surface area (Å²) in [4.78, 5) is 0. The number of benzene rings is 2. The van der Waals surface area contributed by atoms with Crippen LogP contribution >= 0.6 is 11.6 Å². The van der Waals surface area contributed by atoms with Crippen LogP contribution in [-0.4, -0.2) is 18.5 Å². The highest BCUT2D eigenvalue weighted by molar-refractivity contribution is 6.18. The molecule has 0 saturated heterocycles. The molecule has 2 atom stereocenters. The van der Waals surface area contributed by atoms with Gasteiger partial charge in [-0.3, -0.25) is 0 Å². The van der Waals surface area contributed by atoms with Crippen molar-refractivity contribution < 1.29 is 4.74 Å². The zero-order chi connectivity index (χ0) is 13.8. The number of para-hydroxylation sites is 1. The van der Waals surface area contributed by atoms with Gasteiger partial charge >= 0.3 is 0 Å². The zero-order valence-corrected chi connectivity index (χ0v) is 12.0. The van der Waals surface area contributed by atoms with Gasteiger partial charge in [0, 0.05) is 24.9 Å². The van der Waals surface area contributed by atoms with Crippen LogP contribution in [0.25, 0.3) is 0 Å². The summed E-state index contributed by atoms with van der Waals surface area (Å²) in [5, 5.41) is 3.51. The lowest BCUT2D eigenvalue weighted by atomic mass is 10.1. The van der Waals surface area contributed by atoms with E-state index in [1.807, 2.05) is 30.3 Å². The van der Waals surface area contributed by atoms with Gasteiger partial charge in [-0.1, -0.05) is 48.5 Å². The summed E-state index contributed by atoms with van der Waals surface area (Å²) in [7, 11) is 0. The molecule has 2 unspecified atom stereocenters. The van der Waals surface area contributed by atoms with E-state index in [0.29, 0.717) is 5.88 Å². The first-order valence-corrected chi connectivity index (χ1v) is 7.49. The molecule has 3 rings (SSSR count). The Kier molecular flexibility index (Phi) is 4.24. The van der Waals surface area contributed by atoms with Crippen LogP contribution in [0, 0.1) is 0 Å². The van der Waals surface area contributed by atoms with E-state index in [2.05, 4.69) is 29.6 Å². The van der Waals surface area contributed by atoms with Crippen molar-refractivity contribution >= 4 is 11.6 Å². The summed E-state index contributed by atoms with van der Waals surface area (Å²) in [6.07, 6.45) is 1.16. The number of hydrogen-bond donors (Lipinski definition) is 1. The summed E-state index contributed by atoms with van der Waals surface area (Å²) in [6.45, 7) is 0.807. The standard InChI is InChI=1S/C17H18ClNO/c18-11-16(13-6-2-1-3-7-13)19-12-15-10-14-8-4-5-9-17(14)20-15/h1-9,15-16,19H,10-12H2. The van der Waals surface area contributed by atoms with Gasteiger partial charge in [-0.15, -0.1) is 11.6 Å². The van der Waals surface area contributed by atoms with E-state index in [-0.39, 0.29) is 12.1 Å². The molecule has 2 aromatic rings. The third kappa shape index (κ3) is 2.97. The lowest BCUT2D eigenvalue weighted by Gasteiger charge is -2.19. The third-order valence-electron chi connectivity index (χ3n) is 3.66. The number of nitrogens with one attached hydrogen (secondary N) is 1. The molecule has 0 saturated carbocycles. The first kappa shape index (κ1) is 13.5. The monoisotopic (exact) mass is 287 g/mol. The fraction of sp³-hybridized carbons (Fsp3) is 0.294. The fourth-order valence-electron chi connectivity index (χ4n) is 2.59. The maximum Gasteiger partial charge on any atom is 0.123 e. The van der Waals surface area contributed by atoms with Crippen LogP contribution in [-0.2, 0) is 6.42 Å². The average Bonchev–Trinajstić information content (AvgIpc) is 2.92. The van der Waals surface area contributed by atoms with Crippen molar-refractivity contribution in [2.24, 2.45) is 0 Å². The molecular formula is C17H18ClNO. The quantitative estimate of drug-likeness (QED) is 0.849. The Morgan fingerprint density at radius 2 is 1.85 bits per heavy atom. The van der Waals surface area contributed by atoms with Crippen molar-refractivity contribution in [1.29, 1.82) is 0 Å². The Bertz CT molecular complexity index is 533. The highest BCUT2D eigenvalue weighted by atomic mass is 35.5. The Labute approximate surface area is 124 Å². The molecule has 20 heavy (non-hydrogen) atoms. The van der Waals surface area contributed by atoms with Gasteiger partial charge in [-0.25, -0.2) is 0 Å². The van der Waals surface area contributed by atoms with Crippen LogP contribution in [0.5, 0.6) is 5.75 Å². The van der Waals surface area contributed by atoms with Gasteiger partial charge in [-0.05, 0) is 17.2 Å². The lowest BCUT2D eigenvalue weighted by Crippen LogP contribution is -2.33. The number of ether oxygens (including phenoxy) is 1. The molecule has 0 bridgehead atoms. The molecule has 0 fully saturated rings. The van der Waals surface area contributed by atoms with Crippen molar-refractivity contribution in [3.63, 3.8) is 0 Å². The third-order valence-corrected chi connectivity index (χ3v) is 3.97. The number of fused-ring (bicyclic) bond motifs is 1. The maximum atomic E-state index is 6.07. The second-order valence-corrected chi connectivity index (χ2v) is 5.39. The number of alkyl halides is 1. The smallest absolute Gasteiger partial charge is 0.123 e. The van der Waals surface area contributed by atoms with Crippen LogP contribution in [0.15, 0.2) is 54.6 Å². The van der Waals surface area contributed by atoms with E-state index >= 15 is 0 Å². The second kappa shape index (κ2) is 6.29.